The fourth-order valence-electron chi connectivity index (χ4n) is 4.82. The highest BCUT2D eigenvalue weighted by molar-refractivity contribution is 7.82. The Morgan fingerprint density at radius 2 is 1.85 bits per heavy atom. The zero-order valence-electron chi connectivity index (χ0n) is 21.5. The second-order valence-electron chi connectivity index (χ2n) is 9.94. The van der Waals surface area contributed by atoms with Crippen LogP contribution in [0.25, 0.3) is 27.5 Å². The van der Waals surface area contributed by atoms with Crippen molar-refractivity contribution in [3.63, 3.8) is 0 Å². The maximum atomic E-state index is 15.2. The topological polar surface area (TPSA) is 111 Å². The minimum absolute atomic E-state index is 0.0538. The number of nitrogens with two attached hydrogens (primary N) is 1. The van der Waals surface area contributed by atoms with Crippen molar-refractivity contribution in [2.24, 2.45) is 5.14 Å². The number of aryl methyl sites for hydroxylation is 1. The number of carboxylic acid groups (broad SMARTS) is 1. The first-order chi connectivity index (χ1) is 19.3. The molecule has 0 saturated heterocycles. The zero-order chi connectivity index (χ0) is 28.0. The van der Waals surface area contributed by atoms with Gasteiger partial charge in [0.1, 0.15) is 5.82 Å². The van der Waals surface area contributed by atoms with E-state index in [1.165, 1.54) is 28.3 Å². The average molecular weight is 574 g/mol. The van der Waals surface area contributed by atoms with Gasteiger partial charge in [0.15, 0.2) is 21.6 Å². The Kier molecular flexibility index (Phi) is 6.91. The van der Waals surface area contributed by atoms with Crippen molar-refractivity contribution in [3.8, 4) is 27.5 Å². The molecule has 1 aliphatic rings. The summed E-state index contributed by atoms with van der Waals surface area (Å²) in [5, 5.41) is 21.9. The van der Waals surface area contributed by atoms with Crippen molar-refractivity contribution in [2.75, 3.05) is 0 Å². The van der Waals surface area contributed by atoms with Gasteiger partial charge in [0.2, 0.25) is 5.13 Å². The first-order valence-electron chi connectivity index (χ1n) is 12.8. The van der Waals surface area contributed by atoms with Crippen LogP contribution in [0.1, 0.15) is 51.6 Å². The Bertz CT molecular complexity index is 1770. The Labute approximate surface area is 236 Å². The van der Waals surface area contributed by atoms with Gasteiger partial charge in [-0.25, -0.2) is 18.9 Å². The normalized spacial score (nSPS) is 13.9. The van der Waals surface area contributed by atoms with Crippen molar-refractivity contribution in [3.05, 3.63) is 106 Å². The van der Waals surface area contributed by atoms with Crippen LogP contribution in [0, 0.1) is 12.7 Å². The Morgan fingerprint density at radius 1 is 1.10 bits per heavy atom. The minimum Gasteiger partial charge on any atom is -0.476 e. The highest BCUT2D eigenvalue weighted by Crippen LogP contribution is 2.45. The van der Waals surface area contributed by atoms with E-state index in [1.807, 2.05) is 25.1 Å². The van der Waals surface area contributed by atoms with E-state index in [2.05, 4.69) is 35.3 Å². The van der Waals surface area contributed by atoms with Crippen LogP contribution in [0.3, 0.4) is 0 Å². The van der Waals surface area contributed by atoms with Crippen molar-refractivity contribution in [1.82, 2.24) is 14.8 Å². The van der Waals surface area contributed by atoms with Crippen LogP contribution >= 0.6 is 11.3 Å². The molecule has 2 heterocycles. The Morgan fingerprint density at radius 3 is 2.50 bits per heavy atom. The lowest BCUT2D eigenvalue weighted by Crippen LogP contribution is -2.04. The van der Waals surface area contributed by atoms with E-state index >= 15 is 4.39 Å². The molecule has 1 aliphatic carbocycles. The van der Waals surface area contributed by atoms with Gasteiger partial charge in [-0.15, -0.1) is 16.5 Å². The summed E-state index contributed by atoms with van der Waals surface area (Å²) in [6.45, 7) is 2.04. The van der Waals surface area contributed by atoms with Gasteiger partial charge < -0.3 is 5.11 Å². The van der Waals surface area contributed by atoms with Crippen LogP contribution in [0.5, 0.6) is 0 Å². The van der Waals surface area contributed by atoms with Gasteiger partial charge in [-0.05, 0) is 48.6 Å². The quantitative estimate of drug-likeness (QED) is 0.169. The predicted octanol–water partition coefficient (Wildman–Crippen LogP) is 6.21. The lowest BCUT2D eigenvalue weighted by molar-refractivity contribution is 0.0691. The molecule has 10 heteroatoms. The molecule has 40 heavy (non-hydrogen) atoms. The maximum Gasteiger partial charge on any atom is 0.355 e. The molecular weight excluding hydrogens is 547 g/mol. The zero-order valence-corrected chi connectivity index (χ0v) is 23.3. The molecule has 6 rings (SSSR count). The van der Waals surface area contributed by atoms with Gasteiger partial charge >= 0.3 is 5.97 Å². The number of thiol groups is 1. The third-order valence-corrected chi connectivity index (χ3v) is 8.65. The number of aromatic nitrogens is 3. The number of nitrogens with zero attached hydrogens (tertiary/aromatic N) is 3. The molecule has 0 bridgehead atoms. The van der Waals surface area contributed by atoms with Gasteiger partial charge in [-0.1, -0.05) is 58.3 Å². The Hall–Kier alpha value is -3.99. The lowest BCUT2D eigenvalue weighted by Gasteiger charge is -2.12. The van der Waals surface area contributed by atoms with Crippen LogP contribution < -0.4 is 5.14 Å². The lowest BCUT2D eigenvalue weighted by atomic mass is 9.95. The fraction of sp³-hybridized carbons (Fsp3) is 0.167. The van der Waals surface area contributed by atoms with E-state index in [0.717, 1.165) is 46.5 Å². The van der Waals surface area contributed by atoms with Gasteiger partial charge in [0, 0.05) is 34.9 Å². The summed E-state index contributed by atoms with van der Waals surface area (Å²) in [5.74, 6) is -1.36. The van der Waals surface area contributed by atoms with E-state index in [1.54, 1.807) is 16.8 Å². The smallest absolute Gasteiger partial charge is 0.355 e. The maximum absolute atomic E-state index is 15.2. The molecular formula is C30H26FN4O3S2+. The summed E-state index contributed by atoms with van der Waals surface area (Å²) < 4.78 is 28.7. The number of rotatable bonds is 8. The molecule has 0 spiro atoms. The third-order valence-electron chi connectivity index (χ3n) is 7.05. The standard InChI is InChI=1S/C30H25FN4O3S2/c1-17-5-7-18(8-6-17)20-3-2-4-22(13-20)28-24(14-21-11-12-23(40(32)38)15-25(21)31)27(19-9-10-19)34-35(28)30-33-26(16-39-30)29(36)37/h2-8,11-13,15-16,19H,9-10,14H2,1H3,(H2,32,38)(H,36,37)/p+1. The van der Waals surface area contributed by atoms with Crippen LogP contribution in [-0.4, -0.2) is 25.8 Å². The molecule has 7 nitrogen and oxygen atoms in total. The van der Waals surface area contributed by atoms with Crippen LogP contribution in [0.15, 0.2) is 77.0 Å². The molecule has 2 aromatic heterocycles. The molecule has 0 amide bonds. The van der Waals surface area contributed by atoms with Crippen LogP contribution in [0.2, 0.25) is 0 Å². The minimum atomic E-state index is -2.15. The highest BCUT2D eigenvalue weighted by atomic mass is 32.2. The molecule has 1 atom stereocenters. The molecule has 1 saturated carbocycles. The first-order valence-corrected chi connectivity index (χ1v) is 15.0. The Balaban J connectivity index is 1.55. The van der Waals surface area contributed by atoms with E-state index in [4.69, 9.17) is 10.2 Å². The van der Waals surface area contributed by atoms with Crippen molar-refractivity contribution < 1.29 is 18.5 Å². The van der Waals surface area contributed by atoms with Crippen molar-refractivity contribution in [2.45, 2.75) is 37.0 Å². The summed E-state index contributed by atoms with van der Waals surface area (Å²) in [6, 6.07) is 20.8. The molecule has 1 unspecified atom stereocenters. The van der Waals surface area contributed by atoms with Gasteiger partial charge in [0.05, 0.1) is 11.4 Å². The number of thiazole rings is 1. The largest absolute Gasteiger partial charge is 0.476 e. The number of carbonyl (C=O) groups is 1. The summed E-state index contributed by atoms with van der Waals surface area (Å²) >= 11 is 1.20. The second-order valence-corrected chi connectivity index (χ2v) is 11.9. The predicted molar refractivity (Wildman–Crippen MR) is 155 cm³/mol. The molecule has 202 valence electrons. The number of aromatic carboxylic acids is 1. The molecule has 0 radical (unpaired) electrons. The average Bonchev–Trinajstić information content (AvgIpc) is 3.53. The van der Waals surface area contributed by atoms with E-state index in [-0.39, 0.29) is 22.9 Å². The summed E-state index contributed by atoms with van der Waals surface area (Å²) in [7, 11) is -2.15. The van der Waals surface area contributed by atoms with Gasteiger partial charge in [-0.2, -0.15) is 5.10 Å². The first kappa shape index (κ1) is 26.2. The summed E-state index contributed by atoms with van der Waals surface area (Å²) in [6.07, 6.45) is 2.20. The molecule has 3 aromatic carbocycles. The number of hydrogen-bond donors (Lipinski definition) is 2. The highest BCUT2D eigenvalue weighted by Gasteiger charge is 2.33. The van der Waals surface area contributed by atoms with Crippen LogP contribution in [-0.2, 0) is 21.6 Å². The molecule has 3 N–H and O–H groups in total. The van der Waals surface area contributed by atoms with Gasteiger partial charge in [0.25, 0.3) is 0 Å². The number of halogens is 1. The number of carboxylic acids is 1. The fourth-order valence-corrected chi connectivity index (χ4v) is 6.04. The number of hydrogen-bond acceptors (Lipinski definition) is 5. The van der Waals surface area contributed by atoms with Crippen LogP contribution in [0.4, 0.5) is 4.39 Å². The summed E-state index contributed by atoms with van der Waals surface area (Å²) in [4.78, 5) is 16.2. The molecule has 5 aromatic rings. The number of benzene rings is 3. The SMILES string of the molecule is Cc1ccc(-c2cccc(-c3c(Cc4ccc([SH+](N)=O)cc4F)c(C4CC4)nn3-c3nc(C(=O)O)cs3)c2)cc1. The second kappa shape index (κ2) is 10.5. The van der Waals surface area contributed by atoms with E-state index in [9.17, 15) is 14.1 Å². The van der Waals surface area contributed by atoms with Gasteiger partial charge in [-0.3, -0.25) is 0 Å². The van der Waals surface area contributed by atoms with Crippen molar-refractivity contribution >= 4 is 28.3 Å². The summed E-state index contributed by atoms with van der Waals surface area (Å²) in [5.41, 5.74) is 6.94. The molecule has 1 fully saturated rings. The third kappa shape index (κ3) is 5.13. The monoisotopic (exact) mass is 573 g/mol. The van der Waals surface area contributed by atoms with E-state index in [0.29, 0.717) is 10.7 Å². The van der Waals surface area contributed by atoms with Crippen molar-refractivity contribution in [1.29, 1.82) is 0 Å². The van der Waals surface area contributed by atoms with E-state index < -0.39 is 22.8 Å². The molecule has 0 aliphatic heterocycles.